The molecule has 2 heterocycles. The largest absolute Gasteiger partial charge is 0.474 e. The SMILES string of the molecule is CCNC(=NCc1ccc(OC2CCCC2)nc1)NCC(C)(O)c1ccco1. The van der Waals surface area contributed by atoms with Gasteiger partial charge in [-0.05, 0) is 57.2 Å². The van der Waals surface area contributed by atoms with Crippen molar-refractivity contribution in [2.75, 3.05) is 13.1 Å². The third kappa shape index (κ3) is 5.73. The van der Waals surface area contributed by atoms with E-state index in [-0.39, 0.29) is 6.54 Å². The second kappa shape index (κ2) is 9.59. The summed E-state index contributed by atoms with van der Waals surface area (Å²) >= 11 is 0. The number of aliphatic imine (C=N–C) groups is 1. The molecule has 3 N–H and O–H groups in total. The molecule has 7 nitrogen and oxygen atoms in total. The Morgan fingerprint density at radius 1 is 1.32 bits per heavy atom. The Morgan fingerprint density at radius 2 is 2.14 bits per heavy atom. The highest BCUT2D eigenvalue weighted by Gasteiger charge is 2.26. The summed E-state index contributed by atoms with van der Waals surface area (Å²) in [6.07, 6.45) is 8.38. The van der Waals surface area contributed by atoms with Crippen LogP contribution in [0.4, 0.5) is 0 Å². The van der Waals surface area contributed by atoms with Crippen LogP contribution in [0.3, 0.4) is 0 Å². The normalized spacial score (nSPS) is 17.3. The van der Waals surface area contributed by atoms with Crippen LogP contribution in [0.25, 0.3) is 0 Å². The average molecular weight is 386 g/mol. The molecule has 0 bridgehead atoms. The predicted octanol–water partition coefficient (Wildman–Crippen LogP) is 2.96. The number of furan rings is 1. The van der Waals surface area contributed by atoms with E-state index >= 15 is 0 Å². The van der Waals surface area contributed by atoms with Crippen molar-refractivity contribution < 1.29 is 14.3 Å². The lowest BCUT2D eigenvalue weighted by Crippen LogP contribution is -2.44. The number of hydrogen-bond acceptors (Lipinski definition) is 5. The van der Waals surface area contributed by atoms with Crippen LogP contribution >= 0.6 is 0 Å². The van der Waals surface area contributed by atoms with Crippen molar-refractivity contribution in [1.29, 1.82) is 0 Å². The third-order valence-corrected chi connectivity index (χ3v) is 4.80. The first kappa shape index (κ1) is 20.2. The Hall–Kier alpha value is -2.54. The second-order valence-electron chi connectivity index (χ2n) is 7.33. The van der Waals surface area contributed by atoms with E-state index in [2.05, 4.69) is 20.6 Å². The Kier molecular flexibility index (Phi) is 6.92. The summed E-state index contributed by atoms with van der Waals surface area (Å²) in [7, 11) is 0. The number of ether oxygens (including phenoxy) is 1. The van der Waals surface area contributed by atoms with Crippen LogP contribution in [-0.4, -0.2) is 35.2 Å². The standard InChI is InChI=1S/C21H30N4O3/c1-3-22-20(25-15-21(2,26)18-9-6-12-27-18)24-14-16-10-11-19(23-13-16)28-17-7-4-5-8-17/h6,9-13,17,26H,3-5,7-8,14-15H2,1-2H3,(H2,22,24,25). The van der Waals surface area contributed by atoms with Gasteiger partial charge in [0, 0.05) is 18.8 Å². The molecule has 7 heteroatoms. The molecule has 2 aromatic heterocycles. The van der Waals surface area contributed by atoms with Gasteiger partial charge in [-0.1, -0.05) is 6.07 Å². The molecule has 1 fully saturated rings. The Morgan fingerprint density at radius 3 is 2.79 bits per heavy atom. The lowest BCUT2D eigenvalue weighted by Gasteiger charge is -2.22. The second-order valence-corrected chi connectivity index (χ2v) is 7.33. The van der Waals surface area contributed by atoms with Crippen molar-refractivity contribution in [1.82, 2.24) is 15.6 Å². The third-order valence-electron chi connectivity index (χ3n) is 4.80. The van der Waals surface area contributed by atoms with Gasteiger partial charge < -0.3 is 24.9 Å². The molecule has 0 radical (unpaired) electrons. The quantitative estimate of drug-likeness (QED) is 0.477. The van der Waals surface area contributed by atoms with Gasteiger partial charge in [-0.15, -0.1) is 0 Å². The Bertz CT molecular complexity index is 736. The van der Waals surface area contributed by atoms with Gasteiger partial charge in [-0.25, -0.2) is 9.98 Å². The molecule has 1 atom stereocenters. The molecule has 1 saturated carbocycles. The van der Waals surface area contributed by atoms with E-state index in [9.17, 15) is 5.11 Å². The smallest absolute Gasteiger partial charge is 0.213 e. The first-order chi connectivity index (χ1) is 13.6. The fourth-order valence-electron chi connectivity index (χ4n) is 3.19. The minimum absolute atomic E-state index is 0.277. The van der Waals surface area contributed by atoms with Crippen molar-refractivity contribution in [3.05, 3.63) is 48.0 Å². The molecule has 0 aliphatic heterocycles. The van der Waals surface area contributed by atoms with Crippen molar-refractivity contribution in [2.24, 2.45) is 4.99 Å². The molecule has 152 valence electrons. The summed E-state index contributed by atoms with van der Waals surface area (Å²) in [4.78, 5) is 8.97. The van der Waals surface area contributed by atoms with Crippen LogP contribution < -0.4 is 15.4 Å². The lowest BCUT2D eigenvalue weighted by atomic mass is 10.0. The van der Waals surface area contributed by atoms with E-state index in [1.165, 1.54) is 12.8 Å². The zero-order chi connectivity index (χ0) is 19.8. The molecular formula is C21H30N4O3. The summed E-state index contributed by atoms with van der Waals surface area (Å²) in [6.45, 7) is 5.18. The van der Waals surface area contributed by atoms with Gasteiger partial charge >= 0.3 is 0 Å². The summed E-state index contributed by atoms with van der Waals surface area (Å²) in [5.41, 5.74) is -0.130. The molecular weight excluding hydrogens is 356 g/mol. The van der Waals surface area contributed by atoms with Crippen LogP contribution in [0.2, 0.25) is 0 Å². The Balaban J connectivity index is 1.54. The lowest BCUT2D eigenvalue weighted by molar-refractivity contribution is 0.0386. The first-order valence-electron chi connectivity index (χ1n) is 9.97. The van der Waals surface area contributed by atoms with Gasteiger partial charge in [0.2, 0.25) is 5.88 Å². The topological polar surface area (TPSA) is 91.9 Å². The van der Waals surface area contributed by atoms with E-state index in [0.717, 1.165) is 24.9 Å². The summed E-state index contributed by atoms with van der Waals surface area (Å²) in [5, 5.41) is 16.9. The van der Waals surface area contributed by atoms with Gasteiger partial charge in [0.25, 0.3) is 0 Å². The minimum Gasteiger partial charge on any atom is -0.474 e. The zero-order valence-corrected chi connectivity index (χ0v) is 16.6. The van der Waals surface area contributed by atoms with Crippen LogP contribution in [0.15, 0.2) is 46.1 Å². The molecule has 0 aromatic carbocycles. The highest BCUT2D eigenvalue weighted by molar-refractivity contribution is 5.79. The first-order valence-corrected chi connectivity index (χ1v) is 9.97. The van der Waals surface area contributed by atoms with E-state index in [4.69, 9.17) is 9.15 Å². The molecule has 1 unspecified atom stereocenters. The molecule has 1 aliphatic carbocycles. The number of aliphatic hydroxyl groups is 1. The number of pyridine rings is 1. The van der Waals surface area contributed by atoms with Gasteiger partial charge in [0.15, 0.2) is 5.96 Å². The molecule has 3 rings (SSSR count). The highest BCUT2D eigenvalue weighted by atomic mass is 16.5. The van der Waals surface area contributed by atoms with Crippen LogP contribution in [0, 0.1) is 0 Å². The number of nitrogens with one attached hydrogen (secondary N) is 2. The van der Waals surface area contributed by atoms with E-state index in [1.54, 1.807) is 31.5 Å². The number of aromatic nitrogens is 1. The maximum Gasteiger partial charge on any atom is 0.213 e. The summed E-state index contributed by atoms with van der Waals surface area (Å²) < 4.78 is 11.2. The molecule has 0 amide bonds. The van der Waals surface area contributed by atoms with Crippen molar-refractivity contribution in [2.45, 2.75) is 57.8 Å². The average Bonchev–Trinajstić information content (AvgIpc) is 3.39. The molecule has 1 aliphatic rings. The fourth-order valence-corrected chi connectivity index (χ4v) is 3.19. The fraction of sp³-hybridized carbons (Fsp3) is 0.524. The number of guanidine groups is 1. The zero-order valence-electron chi connectivity index (χ0n) is 16.6. The number of hydrogen-bond donors (Lipinski definition) is 3. The molecule has 28 heavy (non-hydrogen) atoms. The maximum absolute atomic E-state index is 10.6. The van der Waals surface area contributed by atoms with Crippen molar-refractivity contribution in [3.8, 4) is 5.88 Å². The monoisotopic (exact) mass is 386 g/mol. The van der Waals surface area contributed by atoms with E-state index in [1.807, 2.05) is 19.1 Å². The van der Waals surface area contributed by atoms with Gasteiger partial charge in [-0.2, -0.15) is 0 Å². The van der Waals surface area contributed by atoms with Crippen LogP contribution in [-0.2, 0) is 12.1 Å². The van der Waals surface area contributed by atoms with Gasteiger partial charge in [-0.3, -0.25) is 0 Å². The highest BCUT2D eigenvalue weighted by Crippen LogP contribution is 2.23. The van der Waals surface area contributed by atoms with Crippen molar-refractivity contribution in [3.63, 3.8) is 0 Å². The predicted molar refractivity (Wildman–Crippen MR) is 108 cm³/mol. The maximum atomic E-state index is 10.6. The molecule has 0 saturated heterocycles. The van der Waals surface area contributed by atoms with Crippen LogP contribution in [0.1, 0.15) is 50.9 Å². The van der Waals surface area contributed by atoms with E-state index in [0.29, 0.717) is 30.2 Å². The minimum atomic E-state index is -1.12. The molecule has 2 aromatic rings. The van der Waals surface area contributed by atoms with E-state index < -0.39 is 5.60 Å². The number of rotatable bonds is 8. The Labute approximate surface area is 166 Å². The van der Waals surface area contributed by atoms with Gasteiger partial charge in [0.1, 0.15) is 17.5 Å². The van der Waals surface area contributed by atoms with Crippen LogP contribution in [0.5, 0.6) is 5.88 Å². The van der Waals surface area contributed by atoms with Gasteiger partial charge in [0.05, 0.1) is 19.4 Å². The summed E-state index contributed by atoms with van der Waals surface area (Å²) in [5.74, 6) is 1.82. The number of nitrogens with zero attached hydrogens (tertiary/aromatic N) is 2. The molecule has 0 spiro atoms. The summed E-state index contributed by atoms with van der Waals surface area (Å²) in [6, 6.07) is 7.41. The van der Waals surface area contributed by atoms with Crippen molar-refractivity contribution >= 4 is 5.96 Å².